The van der Waals surface area contributed by atoms with Crippen molar-refractivity contribution in [1.29, 1.82) is 0 Å². The van der Waals surface area contributed by atoms with Crippen molar-refractivity contribution in [1.82, 2.24) is 5.32 Å². The molecular weight excluding hydrogens is 322 g/mol. The van der Waals surface area contributed by atoms with Gasteiger partial charge in [0.15, 0.2) is 0 Å². The first-order valence-corrected chi connectivity index (χ1v) is 9.15. The Labute approximate surface area is 147 Å². The number of hydrogen-bond donors (Lipinski definition) is 2. The Kier molecular flexibility index (Phi) is 8.21. The van der Waals surface area contributed by atoms with Gasteiger partial charge in [0.2, 0.25) is 0 Å². The molecule has 0 bridgehead atoms. The van der Waals surface area contributed by atoms with E-state index in [9.17, 15) is 4.79 Å². The predicted octanol–water partition coefficient (Wildman–Crippen LogP) is 3.56. The Morgan fingerprint density at radius 3 is 2.50 bits per heavy atom. The van der Waals surface area contributed by atoms with E-state index in [1.165, 1.54) is 5.56 Å². The predicted molar refractivity (Wildman–Crippen MR) is 98.5 cm³/mol. The first kappa shape index (κ1) is 18.4. The molecule has 0 aliphatic carbocycles. The number of aliphatic carboxylic acids is 1. The highest BCUT2D eigenvalue weighted by molar-refractivity contribution is 7.98. The highest BCUT2D eigenvalue weighted by Gasteiger charge is 1.99. The number of hydrogen-bond acceptors (Lipinski definition) is 4. The Bertz CT molecular complexity index is 602. The normalized spacial score (nSPS) is 10.5. The fourth-order valence-corrected chi connectivity index (χ4v) is 2.89. The zero-order valence-electron chi connectivity index (χ0n) is 13.6. The first-order chi connectivity index (χ1) is 11.7. The third-order valence-electron chi connectivity index (χ3n) is 3.38. The molecule has 0 radical (unpaired) electrons. The van der Waals surface area contributed by atoms with Gasteiger partial charge < -0.3 is 15.2 Å². The summed E-state index contributed by atoms with van der Waals surface area (Å²) in [7, 11) is 0. The smallest absolute Gasteiger partial charge is 0.304 e. The van der Waals surface area contributed by atoms with Crippen LogP contribution in [0, 0.1) is 0 Å². The van der Waals surface area contributed by atoms with Gasteiger partial charge in [-0.25, -0.2) is 0 Å². The molecule has 0 amide bonds. The van der Waals surface area contributed by atoms with E-state index in [1.54, 1.807) is 0 Å². The van der Waals surface area contributed by atoms with Crippen molar-refractivity contribution in [3.8, 4) is 5.75 Å². The highest BCUT2D eigenvalue weighted by atomic mass is 32.2. The highest BCUT2D eigenvalue weighted by Crippen LogP contribution is 2.14. The molecule has 0 aromatic heterocycles. The van der Waals surface area contributed by atoms with Crippen molar-refractivity contribution in [3.05, 3.63) is 65.7 Å². The fourth-order valence-electron chi connectivity index (χ4n) is 2.11. The van der Waals surface area contributed by atoms with E-state index in [4.69, 9.17) is 9.84 Å². The molecule has 24 heavy (non-hydrogen) atoms. The summed E-state index contributed by atoms with van der Waals surface area (Å²) in [6.07, 6.45) is 0.141. The van der Waals surface area contributed by atoms with E-state index in [2.05, 4.69) is 29.6 Å². The summed E-state index contributed by atoms with van der Waals surface area (Å²) in [4.78, 5) is 10.4. The zero-order valence-corrected chi connectivity index (χ0v) is 14.4. The molecule has 2 aromatic carbocycles. The van der Waals surface area contributed by atoms with Crippen LogP contribution in [0.15, 0.2) is 54.6 Å². The van der Waals surface area contributed by atoms with E-state index in [1.807, 2.05) is 42.1 Å². The molecule has 5 heteroatoms. The van der Waals surface area contributed by atoms with E-state index < -0.39 is 5.97 Å². The van der Waals surface area contributed by atoms with Crippen LogP contribution in [0.2, 0.25) is 0 Å². The Balaban J connectivity index is 1.58. The monoisotopic (exact) mass is 345 g/mol. The number of carboxylic acids is 1. The quantitative estimate of drug-likeness (QED) is 0.610. The van der Waals surface area contributed by atoms with Crippen molar-refractivity contribution in [3.63, 3.8) is 0 Å². The second kappa shape index (κ2) is 10.7. The van der Waals surface area contributed by atoms with Crippen LogP contribution < -0.4 is 10.1 Å². The molecule has 0 heterocycles. The Morgan fingerprint density at radius 1 is 1.04 bits per heavy atom. The maximum atomic E-state index is 10.4. The number of carbonyl (C=O) groups is 1. The van der Waals surface area contributed by atoms with E-state index in [0.29, 0.717) is 19.7 Å². The molecule has 4 nitrogen and oxygen atoms in total. The standard InChI is InChI=1S/C19H23NO3S/c21-19(22)10-11-20-14-16-6-8-18(9-7-16)23-12-13-24-15-17-4-2-1-3-5-17/h1-9,20H,10-15H2,(H,21,22). The van der Waals surface area contributed by atoms with Crippen LogP contribution in [-0.2, 0) is 17.1 Å². The minimum atomic E-state index is -0.781. The summed E-state index contributed by atoms with van der Waals surface area (Å²) in [5, 5.41) is 11.7. The van der Waals surface area contributed by atoms with Crippen LogP contribution in [0.4, 0.5) is 0 Å². The van der Waals surface area contributed by atoms with Gasteiger partial charge in [0.05, 0.1) is 13.0 Å². The molecule has 0 unspecified atom stereocenters. The molecule has 0 aliphatic rings. The molecule has 2 rings (SSSR count). The lowest BCUT2D eigenvalue weighted by molar-refractivity contribution is -0.136. The molecule has 0 atom stereocenters. The number of carboxylic acid groups (broad SMARTS) is 1. The maximum absolute atomic E-state index is 10.4. The molecular formula is C19H23NO3S. The van der Waals surface area contributed by atoms with Gasteiger partial charge in [0, 0.05) is 24.6 Å². The van der Waals surface area contributed by atoms with Crippen LogP contribution in [0.5, 0.6) is 5.75 Å². The first-order valence-electron chi connectivity index (χ1n) is 8.00. The van der Waals surface area contributed by atoms with Crippen LogP contribution in [0.25, 0.3) is 0 Å². The van der Waals surface area contributed by atoms with Gasteiger partial charge in [-0.1, -0.05) is 42.5 Å². The summed E-state index contributed by atoms with van der Waals surface area (Å²) in [6, 6.07) is 18.3. The second-order valence-corrected chi connectivity index (χ2v) is 6.46. The van der Waals surface area contributed by atoms with Crippen molar-refractivity contribution in [2.75, 3.05) is 18.9 Å². The average Bonchev–Trinajstić information content (AvgIpc) is 2.60. The maximum Gasteiger partial charge on any atom is 0.304 e. The van der Waals surface area contributed by atoms with Gasteiger partial charge >= 0.3 is 5.97 Å². The number of thioether (sulfide) groups is 1. The Hall–Kier alpha value is -1.98. The van der Waals surface area contributed by atoms with Crippen molar-refractivity contribution >= 4 is 17.7 Å². The van der Waals surface area contributed by atoms with Gasteiger partial charge in [-0.2, -0.15) is 11.8 Å². The minimum Gasteiger partial charge on any atom is -0.493 e. The van der Waals surface area contributed by atoms with Crippen LogP contribution in [0.3, 0.4) is 0 Å². The summed E-state index contributed by atoms with van der Waals surface area (Å²) >= 11 is 1.86. The van der Waals surface area contributed by atoms with Gasteiger partial charge in [0.1, 0.15) is 5.75 Å². The third kappa shape index (κ3) is 7.53. The molecule has 0 saturated carbocycles. The number of benzene rings is 2. The average molecular weight is 345 g/mol. The number of rotatable bonds is 11. The van der Waals surface area contributed by atoms with Gasteiger partial charge in [-0.3, -0.25) is 4.79 Å². The SMILES string of the molecule is O=C(O)CCNCc1ccc(OCCSCc2ccccc2)cc1. The molecule has 2 N–H and O–H groups in total. The summed E-state index contributed by atoms with van der Waals surface area (Å²) in [5.41, 5.74) is 2.45. The summed E-state index contributed by atoms with van der Waals surface area (Å²) < 4.78 is 5.74. The van der Waals surface area contributed by atoms with Crippen LogP contribution in [0.1, 0.15) is 17.5 Å². The van der Waals surface area contributed by atoms with Crippen molar-refractivity contribution in [2.24, 2.45) is 0 Å². The van der Waals surface area contributed by atoms with Gasteiger partial charge in [-0.15, -0.1) is 0 Å². The number of nitrogens with one attached hydrogen (secondary N) is 1. The lowest BCUT2D eigenvalue weighted by Crippen LogP contribution is -2.17. The molecule has 0 spiro atoms. The summed E-state index contributed by atoms with van der Waals surface area (Å²) in [6.45, 7) is 1.83. The van der Waals surface area contributed by atoms with E-state index in [0.717, 1.165) is 22.8 Å². The molecule has 128 valence electrons. The molecule has 0 fully saturated rings. The van der Waals surface area contributed by atoms with Gasteiger partial charge in [0.25, 0.3) is 0 Å². The second-order valence-electron chi connectivity index (χ2n) is 5.35. The van der Waals surface area contributed by atoms with Crippen LogP contribution in [-0.4, -0.2) is 30.0 Å². The number of ether oxygens (including phenoxy) is 1. The minimum absolute atomic E-state index is 0.141. The largest absolute Gasteiger partial charge is 0.493 e. The Morgan fingerprint density at radius 2 is 1.79 bits per heavy atom. The molecule has 2 aromatic rings. The molecule has 0 aliphatic heterocycles. The van der Waals surface area contributed by atoms with Crippen LogP contribution >= 0.6 is 11.8 Å². The van der Waals surface area contributed by atoms with Crippen molar-refractivity contribution < 1.29 is 14.6 Å². The fraction of sp³-hybridized carbons (Fsp3) is 0.316. The van der Waals surface area contributed by atoms with Crippen molar-refractivity contribution in [2.45, 2.75) is 18.7 Å². The zero-order chi connectivity index (χ0) is 17.0. The lowest BCUT2D eigenvalue weighted by atomic mass is 10.2. The van der Waals surface area contributed by atoms with E-state index in [-0.39, 0.29) is 6.42 Å². The third-order valence-corrected chi connectivity index (χ3v) is 4.37. The van der Waals surface area contributed by atoms with Gasteiger partial charge in [-0.05, 0) is 23.3 Å². The topological polar surface area (TPSA) is 58.6 Å². The lowest BCUT2D eigenvalue weighted by Gasteiger charge is -2.08. The molecule has 0 saturated heterocycles. The van der Waals surface area contributed by atoms with E-state index >= 15 is 0 Å². The summed E-state index contributed by atoms with van der Waals surface area (Å²) in [5.74, 6) is 2.04.